The van der Waals surface area contributed by atoms with Gasteiger partial charge in [0.1, 0.15) is 6.54 Å². The second kappa shape index (κ2) is 14.4. The van der Waals surface area contributed by atoms with Gasteiger partial charge in [-0.15, -0.1) is 11.3 Å². The van der Waals surface area contributed by atoms with Gasteiger partial charge in [0.15, 0.2) is 0 Å². The predicted molar refractivity (Wildman–Crippen MR) is 143 cm³/mol. The molecule has 3 amide bonds. The summed E-state index contributed by atoms with van der Waals surface area (Å²) in [5, 5.41) is 3.98. The molecule has 0 fully saturated rings. The Kier molecular flexibility index (Phi) is 11.2. The van der Waals surface area contributed by atoms with Gasteiger partial charge in [0.05, 0.1) is 17.7 Å². The molecule has 0 atom stereocenters. The van der Waals surface area contributed by atoms with E-state index >= 15 is 0 Å². The van der Waals surface area contributed by atoms with Crippen LogP contribution in [0, 0.1) is 0 Å². The van der Waals surface area contributed by atoms with Crippen LogP contribution in [0.3, 0.4) is 0 Å². The van der Waals surface area contributed by atoms with Crippen molar-refractivity contribution in [3.63, 3.8) is 0 Å². The normalized spacial score (nSPS) is 11.8. The summed E-state index contributed by atoms with van der Waals surface area (Å²) in [7, 11) is 0. The molecule has 13 heteroatoms. The van der Waals surface area contributed by atoms with Gasteiger partial charge in [-0.05, 0) is 48.6 Å². The minimum absolute atomic E-state index is 0.0227. The van der Waals surface area contributed by atoms with E-state index < -0.39 is 47.6 Å². The van der Waals surface area contributed by atoms with E-state index in [1.165, 1.54) is 16.2 Å². The highest BCUT2D eigenvalue weighted by atomic mass is 32.1. The Balaban J connectivity index is 1.85. The number of hydrogen-bond donors (Lipinski definition) is 1. The van der Waals surface area contributed by atoms with Crippen molar-refractivity contribution in [1.82, 2.24) is 9.80 Å². The van der Waals surface area contributed by atoms with Crippen LogP contribution < -0.4 is 5.32 Å². The second-order valence-corrected chi connectivity index (χ2v) is 10.0. The van der Waals surface area contributed by atoms with Gasteiger partial charge in [-0.3, -0.25) is 4.79 Å². The maximum Gasteiger partial charge on any atom is 0.416 e. The Hall–Kier alpha value is -3.58. The van der Waals surface area contributed by atoms with Crippen LogP contribution in [0.2, 0.25) is 0 Å². The van der Waals surface area contributed by atoms with Crippen LogP contribution >= 0.6 is 11.3 Å². The Morgan fingerprint density at radius 3 is 2.10 bits per heavy atom. The number of ether oxygens (including phenoxy) is 1. The predicted octanol–water partition coefficient (Wildman–Crippen LogP) is 7.28. The van der Waals surface area contributed by atoms with Crippen LogP contribution in [0.15, 0.2) is 66.0 Å². The number of urea groups is 1. The molecule has 0 saturated heterocycles. The standard InChI is InChI=1S/C28H29F6N3O3S/c1-2-40-12-7-11-36(26(39)35-23-15-21(27(29,30)31)14-22(16-23)28(32,33)34)19-25(38)37(18-24-10-6-13-41-24)17-20-8-4-3-5-9-20/h3-6,8-10,13-16H,2,7,11-12,17-19H2,1H3,(H,35,39). The number of nitrogens with one attached hydrogen (secondary N) is 1. The lowest BCUT2D eigenvalue weighted by atomic mass is 10.1. The third-order valence-corrected chi connectivity index (χ3v) is 6.73. The van der Waals surface area contributed by atoms with E-state index in [0.29, 0.717) is 18.7 Å². The molecule has 41 heavy (non-hydrogen) atoms. The maximum atomic E-state index is 13.5. The molecular weight excluding hydrogens is 572 g/mol. The van der Waals surface area contributed by atoms with Gasteiger partial charge in [-0.25, -0.2) is 4.79 Å². The van der Waals surface area contributed by atoms with Crippen molar-refractivity contribution in [1.29, 1.82) is 0 Å². The number of rotatable bonds is 12. The Labute approximate surface area is 237 Å². The number of halogens is 6. The minimum Gasteiger partial charge on any atom is -0.382 e. The molecule has 0 aliphatic rings. The summed E-state index contributed by atoms with van der Waals surface area (Å²) < 4.78 is 85.2. The van der Waals surface area contributed by atoms with E-state index in [-0.39, 0.29) is 38.7 Å². The molecule has 1 N–H and O–H groups in total. The quantitative estimate of drug-likeness (QED) is 0.175. The van der Waals surface area contributed by atoms with Crippen molar-refractivity contribution in [3.8, 4) is 0 Å². The van der Waals surface area contributed by atoms with Crippen LogP contribution in [-0.4, -0.2) is 48.0 Å². The first-order chi connectivity index (χ1) is 19.4. The summed E-state index contributed by atoms with van der Waals surface area (Å²) in [6.45, 7) is 2.41. The fourth-order valence-corrected chi connectivity index (χ4v) is 4.59. The number of hydrogen-bond acceptors (Lipinski definition) is 4. The summed E-state index contributed by atoms with van der Waals surface area (Å²) in [6, 6.07) is 12.7. The van der Waals surface area contributed by atoms with E-state index in [1.54, 1.807) is 6.92 Å². The van der Waals surface area contributed by atoms with E-state index in [2.05, 4.69) is 5.32 Å². The summed E-state index contributed by atoms with van der Waals surface area (Å²) in [5.41, 5.74) is -2.98. The largest absolute Gasteiger partial charge is 0.416 e. The molecule has 0 unspecified atom stereocenters. The van der Waals surface area contributed by atoms with Crippen molar-refractivity contribution in [3.05, 3.63) is 87.6 Å². The zero-order valence-corrected chi connectivity index (χ0v) is 22.9. The lowest BCUT2D eigenvalue weighted by Gasteiger charge is -2.28. The minimum atomic E-state index is -5.08. The number of carbonyl (C=O) groups excluding carboxylic acids is 2. The van der Waals surface area contributed by atoms with E-state index in [1.807, 2.05) is 47.8 Å². The third kappa shape index (κ3) is 10.1. The van der Waals surface area contributed by atoms with Crippen LogP contribution in [0.4, 0.5) is 36.8 Å². The van der Waals surface area contributed by atoms with Crippen LogP contribution in [-0.2, 0) is 35.0 Å². The molecule has 222 valence electrons. The maximum absolute atomic E-state index is 13.5. The highest BCUT2D eigenvalue weighted by Gasteiger charge is 2.37. The van der Waals surface area contributed by atoms with E-state index in [9.17, 15) is 35.9 Å². The number of anilines is 1. The molecule has 0 spiro atoms. The molecule has 1 aromatic heterocycles. The lowest BCUT2D eigenvalue weighted by molar-refractivity contribution is -0.143. The number of carbonyl (C=O) groups is 2. The van der Waals surface area contributed by atoms with Gasteiger partial charge in [-0.1, -0.05) is 36.4 Å². The van der Waals surface area contributed by atoms with Gasteiger partial charge in [0.2, 0.25) is 5.91 Å². The second-order valence-electron chi connectivity index (χ2n) is 9.01. The first-order valence-electron chi connectivity index (χ1n) is 12.6. The average molecular weight is 602 g/mol. The number of benzene rings is 2. The van der Waals surface area contributed by atoms with E-state index in [0.717, 1.165) is 15.3 Å². The summed E-state index contributed by atoms with van der Waals surface area (Å²) in [5.74, 6) is -0.450. The lowest BCUT2D eigenvalue weighted by Crippen LogP contribution is -2.44. The number of alkyl halides is 6. The summed E-state index contributed by atoms with van der Waals surface area (Å²) >= 11 is 1.44. The fourth-order valence-electron chi connectivity index (χ4n) is 3.87. The molecule has 1 heterocycles. The zero-order chi connectivity index (χ0) is 30.0. The molecule has 0 bridgehead atoms. The number of amides is 3. The monoisotopic (exact) mass is 601 g/mol. The van der Waals surface area contributed by atoms with Gasteiger partial charge >= 0.3 is 18.4 Å². The van der Waals surface area contributed by atoms with Gasteiger partial charge in [0, 0.05) is 36.9 Å². The summed E-state index contributed by atoms with van der Waals surface area (Å²) in [4.78, 5) is 30.1. The fraction of sp³-hybridized carbons (Fsp3) is 0.357. The smallest absolute Gasteiger partial charge is 0.382 e. The molecule has 0 radical (unpaired) electrons. The SMILES string of the molecule is CCOCCCN(CC(=O)N(Cc1ccccc1)Cc1cccs1)C(=O)Nc1cc(C(F)(F)F)cc(C(F)(F)F)c1. The zero-order valence-electron chi connectivity index (χ0n) is 22.1. The molecule has 6 nitrogen and oxygen atoms in total. The summed E-state index contributed by atoms with van der Waals surface area (Å²) in [6.07, 6.45) is -9.87. The van der Waals surface area contributed by atoms with Gasteiger partial charge < -0.3 is 19.9 Å². The molecule has 3 aromatic rings. The van der Waals surface area contributed by atoms with Crippen molar-refractivity contribution >= 4 is 29.0 Å². The van der Waals surface area contributed by atoms with Crippen molar-refractivity contribution in [2.45, 2.75) is 38.8 Å². The van der Waals surface area contributed by atoms with Crippen LogP contribution in [0.1, 0.15) is 34.9 Å². The molecule has 2 aromatic carbocycles. The Morgan fingerprint density at radius 1 is 0.878 bits per heavy atom. The highest BCUT2D eigenvalue weighted by Crippen LogP contribution is 2.37. The molecule has 0 aliphatic carbocycles. The number of thiophene rings is 1. The number of nitrogens with zero attached hydrogens (tertiary/aromatic N) is 2. The molecule has 0 saturated carbocycles. The molecule has 0 aliphatic heterocycles. The highest BCUT2D eigenvalue weighted by molar-refractivity contribution is 7.09. The third-order valence-electron chi connectivity index (χ3n) is 5.87. The first-order valence-corrected chi connectivity index (χ1v) is 13.5. The topological polar surface area (TPSA) is 61.9 Å². The van der Waals surface area contributed by atoms with E-state index in [4.69, 9.17) is 4.74 Å². The van der Waals surface area contributed by atoms with Crippen LogP contribution in [0.5, 0.6) is 0 Å². The van der Waals surface area contributed by atoms with Crippen molar-refractivity contribution in [2.75, 3.05) is 31.6 Å². The van der Waals surface area contributed by atoms with Gasteiger partial charge in [-0.2, -0.15) is 26.3 Å². The molecular formula is C28H29F6N3O3S. The van der Waals surface area contributed by atoms with Gasteiger partial charge in [0.25, 0.3) is 0 Å². The Bertz CT molecular complexity index is 1240. The first kappa shape index (κ1) is 31.9. The van der Waals surface area contributed by atoms with Crippen molar-refractivity contribution in [2.24, 2.45) is 0 Å². The molecule has 3 rings (SSSR count). The van der Waals surface area contributed by atoms with Crippen LogP contribution in [0.25, 0.3) is 0 Å². The Morgan fingerprint density at radius 2 is 1.54 bits per heavy atom. The van der Waals surface area contributed by atoms with Crippen molar-refractivity contribution < 1.29 is 40.7 Å². The average Bonchev–Trinajstić information content (AvgIpc) is 3.42.